The highest BCUT2D eigenvalue weighted by Crippen LogP contribution is 2.37. The average molecular weight is 401 g/mol. The van der Waals surface area contributed by atoms with Crippen molar-refractivity contribution in [3.63, 3.8) is 0 Å². The van der Waals surface area contributed by atoms with Crippen molar-refractivity contribution in [3.05, 3.63) is 36.3 Å². The zero-order chi connectivity index (χ0) is 19.3. The van der Waals surface area contributed by atoms with Gasteiger partial charge in [-0.1, -0.05) is 11.3 Å². The van der Waals surface area contributed by atoms with E-state index in [1.54, 1.807) is 12.1 Å². The van der Waals surface area contributed by atoms with Gasteiger partial charge < -0.3 is 24.5 Å². The van der Waals surface area contributed by atoms with E-state index in [9.17, 15) is 9.59 Å². The topological polar surface area (TPSA) is 103 Å². The van der Waals surface area contributed by atoms with E-state index in [0.717, 1.165) is 16.6 Å². The first-order valence-electron chi connectivity index (χ1n) is 9.01. The molecular weight excluding hydrogens is 382 g/mol. The van der Waals surface area contributed by atoms with Gasteiger partial charge in [0.1, 0.15) is 0 Å². The van der Waals surface area contributed by atoms with Crippen molar-refractivity contribution in [3.8, 4) is 11.5 Å². The van der Waals surface area contributed by atoms with Gasteiger partial charge in [-0.05, 0) is 18.6 Å². The zero-order valence-corrected chi connectivity index (χ0v) is 15.8. The Morgan fingerprint density at radius 3 is 2.79 bits per heavy atom. The fourth-order valence-electron chi connectivity index (χ4n) is 2.77. The SMILES string of the molecule is O=C(CCCNC(=O)c1ccco1)Nc1nc2cc3c(cc2s1)OCCCO3. The third-order valence-electron chi connectivity index (χ3n) is 4.12. The molecule has 1 aliphatic rings. The van der Waals surface area contributed by atoms with Crippen LogP contribution in [-0.2, 0) is 4.79 Å². The molecular formula is C19H19N3O5S. The second-order valence-corrected chi connectivity index (χ2v) is 7.25. The normalized spacial score (nSPS) is 13.1. The first-order valence-corrected chi connectivity index (χ1v) is 9.82. The number of ether oxygens (including phenoxy) is 2. The summed E-state index contributed by atoms with van der Waals surface area (Å²) in [7, 11) is 0. The number of carbonyl (C=O) groups is 2. The van der Waals surface area contributed by atoms with Crippen molar-refractivity contribution in [1.82, 2.24) is 10.3 Å². The van der Waals surface area contributed by atoms with E-state index in [-0.39, 0.29) is 24.0 Å². The summed E-state index contributed by atoms with van der Waals surface area (Å²) in [6.45, 7) is 1.62. The lowest BCUT2D eigenvalue weighted by molar-refractivity contribution is -0.116. The highest BCUT2D eigenvalue weighted by atomic mass is 32.1. The first kappa shape index (κ1) is 18.3. The van der Waals surface area contributed by atoms with Gasteiger partial charge in [0.2, 0.25) is 5.91 Å². The van der Waals surface area contributed by atoms with E-state index in [0.29, 0.717) is 42.8 Å². The van der Waals surface area contributed by atoms with Crippen molar-refractivity contribution in [1.29, 1.82) is 0 Å². The summed E-state index contributed by atoms with van der Waals surface area (Å²) in [4.78, 5) is 28.3. The number of amides is 2. The maximum absolute atomic E-state index is 12.1. The average Bonchev–Trinajstić information content (AvgIpc) is 3.28. The zero-order valence-electron chi connectivity index (χ0n) is 15.0. The van der Waals surface area contributed by atoms with Gasteiger partial charge in [0, 0.05) is 31.5 Å². The Hall–Kier alpha value is -3.07. The number of benzene rings is 1. The standard InChI is InChI=1S/C19H19N3O5S/c23-17(5-1-6-20-18(24)13-4-2-7-25-13)22-19-21-12-10-14-15(11-16(12)28-19)27-9-3-8-26-14/h2,4,7,10-11H,1,3,5-6,8-9H2,(H,20,24)(H,21,22,23). The Morgan fingerprint density at radius 1 is 1.18 bits per heavy atom. The van der Waals surface area contributed by atoms with Crippen LogP contribution in [0.4, 0.5) is 5.13 Å². The minimum absolute atomic E-state index is 0.152. The van der Waals surface area contributed by atoms with Crippen LogP contribution in [0.5, 0.6) is 11.5 Å². The van der Waals surface area contributed by atoms with Gasteiger partial charge in [-0.15, -0.1) is 0 Å². The lowest BCUT2D eigenvalue weighted by Gasteiger charge is -2.05. The Kier molecular flexibility index (Phi) is 5.43. The molecule has 3 heterocycles. The smallest absolute Gasteiger partial charge is 0.286 e. The predicted molar refractivity (Wildman–Crippen MR) is 104 cm³/mol. The van der Waals surface area contributed by atoms with E-state index >= 15 is 0 Å². The Labute approximate surface area is 164 Å². The number of hydrogen-bond acceptors (Lipinski definition) is 7. The first-order chi connectivity index (χ1) is 13.7. The predicted octanol–water partition coefficient (Wildman–Crippen LogP) is 3.20. The second-order valence-electron chi connectivity index (χ2n) is 6.22. The van der Waals surface area contributed by atoms with E-state index < -0.39 is 0 Å². The van der Waals surface area contributed by atoms with Crippen molar-refractivity contribution in [2.24, 2.45) is 0 Å². The van der Waals surface area contributed by atoms with E-state index in [4.69, 9.17) is 13.9 Å². The van der Waals surface area contributed by atoms with Gasteiger partial charge in [-0.2, -0.15) is 0 Å². The number of fused-ring (bicyclic) bond motifs is 2. The Morgan fingerprint density at radius 2 is 2.00 bits per heavy atom. The molecule has 0 fully saturated rings. The van der Waals surface area contributed by atoms with Gasteiger partial charge in [0.05, 0.1) is 29.7 Å². The molecule has 8 nitrogen and oxygen atoms in total. The summed E-state index contributed by atoms with van der Waals surface area (Å²) in [5.41, 5.74) is 0.760. The molecule has 3 aromatic rings. The molecule has 2 amide bonds. The number of nitrogens with one attached hydrogen (secondary N) is 2. The Balaban J connectivity index is 1.29. The summed E-state index contributed by atoms with van der Waals surface area (Å²) in [6, 6.07) is 6.97. The number of hydrogen-bond donors (Lipinski definition) is 2. The van der Waals surface area contributed by atoms with Gasteiger partial charge in [-0.25, -0.2) is 4.98 Å². The third-order valence-corrected chi connectivity index (χ3v) is 5.05. The maximum Gasteiger partial charge on any atom is 0.286 e. The Bertz CT molecular complexity index is 940. The van der Waals surface area contributed by atoms with Gasteiger partial charge in [-0.3, -0.25) is 9.59 Å². The number of aromatic nitrogens is 1. The number of nitrogens with zero attached hydrogens (tertiary/aromatic N) is 1. The van der Waals surface area contributed by atoms with Crippen LogP contribution in [-0.4, -0.2) is 36.6 Å². The summed E-state index contributed by atoms with van der Waals surface area (Å²) in [5, 5.41) is 6.04. The molecule has 28 heavy (non-hydrogen) atoms. The number of anilines is 1. The van der Waals surface area contributed by atoms with Crippen LogP contribution < -0.4 is 20.1 Å². The summed E-state index contributed by atoms with van der Waals surface area (Å²) >= 11 is 1.39. The molecule has 1 aromatic carbocycles. The van der Waals surface area contributed by atoms with Crippen molar-refractivity contribution in [2.75, 3.05) is 25.1 Å². The van der Waals surface area contributed by atoms with Crippen LogP contribution in [0.2, 0.25) is 0 Å². The molecule has 0 saturated carbocycles. The second kappa shape index (κ2) is 8.30. The summed E-state index contributed by atoms with van der Waals surface area (Å²) in [6.07, 6.45) is 3.08. The van der Waals surface area contributed by atoms with Crippen molar-refractivity contribution < 1.29 is 23.5 Å². The molecule has 146 valence electrons. The number of carbonyl (C=O) groups excluding carboxylic acids is 2. The molecule has 0 bridgehead atoms. The number of rotatable bonds is 6. The van der Waals surface area contributed by atoms with Crippen LogP contribution in [0.3, 0.4) is 0 Å². The van der Waals surface area contributed by atoms with Crippen molar-refractivity contribution >= 4 is 38.5 Å². The fourth-order valence-corrected chi connectivity index (χ4v) is 3.66. The molecule has 4 rings (SSSR count). The van der Waals surface area contributed by atoms with Crippen molar-refractivity contribution in [2.45, 2.75) is 19.3 Å². The van der Waals surface area contributed by atoms with Crippen LogP contribution in [0.25, 0.3) is 10.2 Å². The number of furan rings is 1. The van der Waals surface area contributed by atoms with E-state index in [2.05, 4.69) is 15.6 Å². The maximum atomic E-state index is 12.1. The third kappa shape index (κ3) is 4.25. The molecule has 0 radical (unpaired) electrons. The molecule has 1 aliphatic heterocycles. The quantitative estimate of drug-likeness (QED) is 0.615. The minimum atomic E-state index is -0.291. The van der Waals surface area contributed by atoms with Gasteiger partial charge >= 0.3 is 0 Å². The lowest BCUT2D eigenvalue weighted by atomic mass is 10.3. The summed E-state index contributed by atoms with van der Waals surface area (Å²) < 4.78 is 17.3. The molecule has 2 N–H and O–H groups in total. The molecule has 0 unspecified atom stereocenters. The van der Waals surface area contributed by atoms with Crippen LogP contribution >= 0.6 is 11.3 Å². The highest BCUT2D eigenvalue weighted by Gasteiger charge is 2.15. The molecule has 0 spiro atoms. The lowest BCUT2D eigenvalue weighted by Crippen LogP contribution is -2.25. The molecule has 9 heteroatoms. The van der Waals surface area contributed by atoms with Crippen LogP contribution in [0.15, 0.2) is 34.9 Å². The van der Waals surface area contributed by atoms with E-state index in [1.165, 1.54) is 17.6 Å². The van der Waals surface area contributed by atoms with Crippen LogP contribution in [0.1, 0.15) is 29.8 Å². The van der Waals surface area contributed by atoms with E-state index in [1.807, 2.05) is 12.1 Å². The summed E-state index contributed by atoms with van der Waals surface area (Å²) in [5.74, 6) is 1.20. The minimum Gasteiger partial charge on any atom is -0.490 e. The fraction of sp³-hybridized carbons (Fsp3) is 0.316. The molecule has 2 aromatic heterocycles. The molecule has 0 saturated heterocycles. The molecule has 0 aliphatic carbocycles. The largest absolute Gasteiger partial charge is 0.490 e. The number of thiazole rings is 1. The monoisotopic (exact) mass is 401 g/mol. The highest BCUT2D eigenvalue weighted by molar-refractivity contribution is 7.22. The molecule has 0 atom stereocenters. The van der Waals surface area contributed by atoms with Crippen LogP contribution in [0, 0.1) is 0 Å². The van der Waals surface area contributed by atoms with Gasteiger partial charge in [0.25, 0.3) is 5.91 Å². The van der Waals surface area contributed by atoms with Gasteiger partial charge in [0.15, 0.2) is 22.4 Å².